The Morgan fingerprint density at radius 2 is 1.95 bits per heavy atom. The molecule has 1 heterocycles. The van der Waals surface area contributed by atoms with Crippen molar-refractivity contribution in [2.75, 3.05) is 17.7 Å². The molecular weight excluding hydrogens is 240 g/mol. The molecule has 0 spiro atoms. The minimum atomic E-state index is -0.236. The van der Waals surface area contributed by atoms with E-state index in [1.807, 2.05) is 13.1 Å². The van der Waals surface area contributed by atoms with Crippen LogP contribution >= 0.6 is 0 Å². The highest BCUT2D eigenvalue weighted by atomic mass is 16.3. The van der Waals surface area contributed by atoms with E-state index in [0.29, 0.717) is 0 Å². The first-order chi connectivity index (χ1) is 8.84. The maximum atomic E-state index is 9.78. The van der Waals surface area contributed by atoms with Crippen LogP contribution in [0.15, 0.2) is 6.07 Å². The molecule has 0 bridgehead atoms. The van der Waals surface area contributed by atoms with E-state index in [-0.39, 0.29) is 23.5 Å². The van der Waals surface area contributed by atoms with Crippen molar-refractivity contribution in [3.63, 3.8) is 0 Å². The van der Waals surface area contributed by atoms with Crippen LogP contribution < -0.4 is 10.6 Å². The summed E-state index contributed by atoms with van der Waals surface area (Å²) in [7, 11) is 1.85. The van der Waals surface area contributed by atoms with Gasteiger partial charge >= 0.3 is 0 Å². The van der Waals surface area contributed by atoms with E-state index in [1.54, 1.807) is 0 Å². The van der Waals surface area contributed by atoms with Crippen LogP contribution in [0.5, 0.6) is 0 Å². The molecule has 0 amide bonds. The van der Waals surface area contributed by atoms with Gasteiger partial charge in [0.05, 0.1) is 6.10 Å². The second-order valence-electron chi connectivity index (χ2n) is 6.17. The van der Waals surface area contributed by atoms with Crippen LogP contribution in [0, 0.1) is 5.41 Å². The summed E-state index contributed by atoms with van der Waals surface area (Å²) in [6, 6.07) is 2.16. The van der Waals surface area contributed by atoms with Crippen molar-refractivity contribution in [2.45, 2.75) is 52.2 Å². The average molecular weight is 264 g/mol. The number of nitrogens with zero attached hydrogens (tertiary/aromatic N) is 2. The van der Waals surface area contributed by atoms with Crippen LogP contribution in [0.2, 0.25) is 0 Å². The molecule has 1 aromatic rings. The summed E-state index contributed by atoms with van der Waals surface area (Å²) in [5.41, 5.74) is -0.108. The second kappa shape index (κ2) is 4.96. The molecular formula is C14H24N4O. The number of rotatable bonds is 4. The van der Waals surface area contributed by atoms with E-state index >= 15 is 0 Å². The topological polar surface area (TPSA) is 70.1 Å². The zero-order valence-corrected chi connectivity index (χ0v) is 12.4. The molecule has 3 N–H and O–H groups in total. The molecule has 1 fully saturated rings. The van der Waals surface area contributed by atoms with Gasteiger partial charge in [0.15, 0.2) is 0 Å². The molecule has 2 atom stereocenters. The first-order valence-electron chi connectivity index (χ1n) is 6.86. The van der Waals surface area contributed by atoms with Gasteiger partial charge in [-0.05, 0) is 6.42 Å². The molecule has 5 nitrogen and oxygen atoms in total. The standard InChI is InChI=1S/C14H24N4O/c1-8(2)13-17-11(15-5)7-12(18-13)16-9-6-10(19)14(9,3)4/h7-10,19H,6H2,1-5H3,(H2,15,16,17,18). The van der Waals surface area contributed by atoms with Gasteiger partial charge in [0.25, 0.3) is 0 Å². The van der Waals surface area contributed by atoms with E-state index in [4.69, 9.17) is 0 Å². The zero-order chi connectivity index (χ0) is 14.2. The van der Waals surface area contributed by atoms with Crippen LogP contribution in [-0.4, -0.2) is 34.3 Å². The van der Waals surface area contributed by atoms with Gasteiger partial charge in [-0.3, -0.25) is 0 Å². The lowest BCUT2D eigenvalue weighted by Crippen LogP contribution is -2.57. The van der Waals surface area contributed by atoms with Crippen LogP contribution in [-0.2, 0) is 0 Å². The van der Waals surface area contributed by atoms with Crippen molar-refractivity contribution in [2.24, 2.45) is 5.41 Å². The van der Waals surface area contributed by atoms with E-state index in [9.17, 15) is 5.11 Å². The summed E-state index contributed by atoms with van der Waals surface area (Å²) in [6.45, 7) is 8.30. The van der Waals surface area contributed by atoms with Crippen LogP contribution in [0.4, 0.5) is 11.6 Å². The molecule has 106 valence electrons. The van der Waals surface area contributed by atoms with Gasteiger partial charge in [-0.1, -0.05) is 27.7 Å². The van der Waals surface area contributed by atoms with Gasteiger partial charge in [0.1, 0.15) is 17.5 Å². The smallest absolute Gasteiger partial charge is 0.135 e. The Morgan fingerprint density at radius 1 is 1.32 bits per heavy atom. The van der Waals surface area contributed by atoms with Gasteiger partial charge < -0.3 is 15.7 Å². The summed E-state index contributed by atoms with van der Waals surface area (Å²) in [4.78, 5) is 8.99. The minimum absolute atomic E-state index is 0.108. The molecule has 0 saturated heterocycles. The highest BCUT2D eigenvalue weighted by Crippen LogP contribution is 2.42. The highest BCUT2D eigenvalue weighted by molar-refractivity contribution is 5.48. The molecule has 1 aliphatic rings. The van der Waals surface area contributed by atoms with Crippen molar-refractivity contribution < 1.29 is 5.11 Å². The Morgan fingerprint density at radius 3 is 2.42 bits per heavy atom. The lowest BCUT2D eigenvalue weighted by atomic mass is 9.64. The molecule has 0 aromatic carbocycles. The fraction of sp³-hybridized carbons (Fsp3) is 0.714. The van der Waals surface area contributed by atoms with E-state index in [0.717, 1.165) is 23.9 Å². The van der Waals surface area contributed by atoms with Crippen molar-refractivity contribution in [1.29, 1.82) is 0 Å². The van der Waals surface area contributed by atoms with Crippen molar-refractivity contribution in [1.82, 2.24) is 9.97 Å². The van der Waals surface area contributed by atoms with Crippen LogP contribution in [0.1, 0.15) is 45.9 Å². The molecule has 2 unspecified atom stereocenters. The molecule has 2 rings (SSSR count). The summed E-state index contributed by atoms with van der Waals surface area (Å²) in [6.07, 6.45) is 0.531. The maximum absolute atomic E-state index is 9.78. The third kappa shape index (κ3) is 2.66. The molecule has 1 saturated carbocycles. The number of aliphatic hydroxyl groups is 1. The van der Waals surface area contributed by atoms with Crippen molar-refractivity contribution in [3.05, 3.63) is 11.9 Å². The quantitative estimate of drug-likeness (QED) is 0.778. The summed E-state index contributed by atoms with van der Waals surface area (Å²) in [5, 5.41) is 16.3. The molecule has 1 aliphatic carbocycles. The number of hydrogen-bond acceptors (Lipinski definition) is 5. The number of aliphatic hydroxyl groups excluding tert-OH is 1. The first-order valence-corrected chi connectivity index (χ1v) is 6.86. The van der Waals surface area contributed by atoms with Gasteiger partial charge in [-0.15, -0.1) is 0 Å². The van der Waals surface area contributed by atoms with E-state index < -0.39 is 0 Å². The van der Waals surface area contributed by atoms with Gasteiger partial charge in [-0.25, -0.2) is 9.97 Å². The largest absolute Gasteiger partial charge is 0.392 e. The summed E-state index contributed by atoms with van der Waals surface area (Å²) in [5.74, 6) is 2.76. The van der Waals surface area contributed by atoms with Crippen LogP contribution in [0.25, 0.3) is 0 Å². The molecule has 1 aromatic heterocycles. The summed E-state index contributed by atoms with van der Waals surface area (Å²) >= 11 is 0. The SMILES string of the molecule is CNc1cc(NC2CC(O)C2(C)C)nc(C(C)C)n1. The Bertz CT molecular complexity index is 459. The van der Waals surface area contributed by atoms with Gasteiger partial charge in [0, 0.05) is 30.5 Å². The minimum Gasteiger partial charge on any atom is -0.392 e. The predicted molar refractivity (Wildman–Crippen MR) is 77.5 cm³/mol. The Kier molecular flexibility index (Phi) is 3.67. The van der Waals surface area contributed by atoms with Crippen molar-refractivity contribution >= 4 is 11.6 Å². The molecule has 0 aliphatic heterocycles. The average Bonchev–Trinajstić information content (AvgIpc) is 2.38. The summed E-state index contributed by atoms with van der Waals surface area (Å²) < 4.78 is 0. The van der Waals surface area contributed by atoms with Gasteiger partial charge in [0.2, 0.25) is 0 Å². The lowest BCUT2D eigenvalue weighted by Gasteiger charge is -2.49. The fourth-order valence-corrected chi connectivity index (χ4v) is 2.25. The zero-order valence-electron chi connectivity index (χ0n) is 12.4. The Hall–Kier alpha value is -1.36. The maximum Gasteiger partial charge on any atom is 0.135 e. The van der Waals surface area contributed by atoms with Crippen molar-refractivity contribution in [3.8, 4) is 0 Å². The Balaban J connectivity index is 2.18. The number of nitrogens with one attached hydrogen (secondary N) is 2. The van der Waals surface area contributed by atoms with Gasteiger partial charge in [-0.2, -0.15) is 0 Å². The van der Waals surface area contributed by atoms with E-state index in [1.165, 1.54) is 0 Å². The monoisotopic (exact) mass is 264 g/mol. The third-order valence-electron chi connectivity index (χ3n) is 4.05. The predicted octanol–water partition coefficient (Wildman–Crippen LogP) is 2.21. The fourth-order valence-electron chi connectivity index (χ4n) is 2.25. The Labute approximate surface area is 114 Å². The third-order valence-corrected chi connectivity index (χ3v) is 4.05. The normalized spacial score (nSPS) is 25.0. The van der Waals surface area contributed by atoms with Crippen LogP contribution in [0.3, 0.4) is 0 Å². The number of hydrogen-bond donors (Lipinski definition) is 3. The number of anilines is 2. The highest BCUT2D eigenvalue weighted by Gasteiger charge is 2.47. The second-order valence-corrected chi connectivity index (χ2v) is 6.17. The molecule has 0 radical (unpaired) electrons. The number of aromatic nitrogens is 2. The molecule has 19 heavy (non-hydrogen) atoms. The van der Waals surface area contributed by atoms with E-state index in [2.05, 4.69) is 48.3 Å². The molecule has 5 heteroatoms. The first kappa shape index (κ1) is 14.1. The lowest BCUT2D eigenvalue weighted by molar-refractivity contribution is -0.0511.